The second-order valence-corrected chi connectivity index (χ2v) is 11.9. The normalized spacial score (nSPS) is 11.4. The molecule has 5 aromatic carbocycles. The van der Waals surface area contributed by atoms with Gasteiger partial charge in [-0.3, -0.25) is 4.98 Å². The molecular formula is C42H37N5O2. The molecule has 0 amide bonds. The van der Waals surface area contributed by atoms with Crippen LogP contribution < -0.4 is 4.74 Å². The molecule has 7 nitrogen and oxygen atoms in total. The Morgan fingerprint density at radius 1 is 0.673 bits per heavy atom. The summed E-state index contributed by atoms with van der Waals surface area (Å²) >= 11 is 0. The Hall–Kier alpha value is -5.92. The van der Waals surface area contributed by atoms with E-state index in [0.717, 1.165) is 61.5 Å². The van der Waals surface area contributed by atoms with Crippen LogP contribution in [0.4, 0.5) is 0 Å². The minimum atomic E-state index is -0.868. The Bertz CT molecular complexity index is 2080. The molecule has 2 aromatic heterocycles. The molecule has 0 saturated carbocycles. The first-order valence-corrected chi connectivity index (χ1v) is 16.4. The minimum absolute atomic E-state index is 0.124. The number of rotatable bonds is 10. The fraction of sp³-hybridized carbons (Fsp3) is 0.143. The van der Waals surface area contributed by atoms with E-state index in [9.17, 15) is 5.11 Å². The zero-order valence-corrected chi connectivity index (χ0v) is 27.8. The van der Waals surface area contributed by atoms with Crippen molar-refractivity contribution in [3.63, 3.8) is 0 Å². The van der Waals surface area contributed by atoms with Crippen LogP contribution in [0.15, 0.2) is 140 Å². The molecule has 7 aromatic rings. The maximum atomic E-state index is 10.4. The molecule has 0 fully saturated rings. The van der Waals surface area contributed by atoms with Crippen molar-refractivity contribution in [3.8, 4) is 39.4 Å². The first-order chi connectivity index (χ1) is 24.1. The van der Waals surface area contributed by atoms with Crippen LogP contribution in [-0.2, 0) is 18.6 Å². The maximum Gasteiger partial charge on any atom is 0.184 e. The lowest BCUT2D eigenvalue weighted by molar-refractivity contribution is 0.279. The van der Waals surface area contributed by atoms with Crippen LogP contribution in [0.2, 0.25) is 0 Å². The second kappa shape index (κ2) is 13.7. The van der Waals surface area contributed by atoms with E-state index in [2.05, 4.69) is 114 Å². The van der Waals surface area contributed by atoms with Crippen LogP contribution >= 0.6 is 0 Å². The van der Waals surface area contributed by atoms with Crippen molar-refractivity contribution in [1.29, 1.82) is 0 Å². The summed E-state index contributed by atoms with van der Waals surface area (Å²) < 4.78 is 7.77. The number of aliphatic hydroxyl groups excluding tert-OH is 1. The predicted molar refractivity (Wildman–Crippen MR) is 193 cm³/mol. The summed E-state index contributed by atoms with van der Waals surface area (Å²) in [6.07, 6.45) is 0.713. The van der Waals surface area contributed by atoms with Crippen LogP contribution in [0.1, 0.15) is 40.6 Å². The van der Waals surface area contributed by atoms with Crippen LogP contribution in [0.3, 0.4) is 0 Å². The Morgan fingerprint density at radius 2 is 1.18 bits per heavy atom. The molecule has 0 spiro atoms. The van der Waals surface area contributed by atoms with E-state index in [4.69, 9.17) is 20.0 Å². The van der Waals surface area contributed by atoms with Gasteiger partial charge in [0.25, 0.3) is 0 Å². The molecule has 49 heavy (non-hydrogen) atoms. The van der Waals surface area contributed by atoms with Gasteiger partial charge in [0.15, 0.2) is 5.82 Å². The molecule has 2 heterocycles. The number of pyridine rings is 1. The highest BCUT2D eigenvalue weighted by atomic mass is 16.5. The number of nitrogens with zero attached hydrogens (tertiary/aromatic N) is 5. The van der Waals surface area contributed by atoms with Crippen molar-refractivity contribution in [3.05, 3.63) is 173 Å². The Balaban J connectivity index is 1.42. The molecule has 0 atom stereocenters. The summed E-state index contributed by atoms with van der Waals surface area (Å²) in [4.78, 5) is 4.71. The number of aromatic nitrogens is 5. The molecule has 0 radical (unpaired) electrons. The molecule has 0 aliphatic heterocycles. The van der Waals surface area contributed by atoms with Gasteiger partial charge >= 0.3 is 0 Å². The van der Waals surface area contributed by atoms with E-state index >= 15 is 0 Å². The Morgan fingerprint density at radius 3 is 1.69 bits per heavy atom. The third-order valence-corrected chi connectivity index (χ3v) is 9.22. The highest BCUT2D eigenvalue weighted by molar-refractivity contribution is 5.83. The lowest BCUT2D eigenvalue weighted by atomic mass is 9.77. The number of aryl methyl sites for hydroxylation is 2. The van der Waals surface area contributed by atoms with Gasteiger partial charge in [-0.25, -0.2) is 4.68 Å². The molecular weight excluding hydrogens is 606 g/mol. The molecule has 0 aliphatic rings. The van der Waals surface area contributed by atoms with E-state index < -0.39 is 5.54 Å². The molecule has 0 unspecified atom stereocenters. The standard InChI is InChI=1S/C42H37N5O2/c1-4-38-37(28-48)39(40(49-3)29(2)43-38)31-26-24-30(25-27-31)35-22-14-15-23-36(35)41-44-45-46-47(41)42(32-16-8-5-9-17-32,33-18-10-6-11-19-33)34-20-12-7-13-21-34/h5-27,48H,4,28H2,1-3H3. The fourth-order valence-electron chi connectivity index (χ4n) is 7.03. The number of methoxy groups -OCH3 is 1. The molecule has 0 saturated heterocycles. The van der Waals surface area contributed by atoms with Gasteiger partial charge in [0.2, 0.25) is 0 Å². The highest BCUT2D eigenvalue weighted by Crippen LogP contribution is 2.44. The SMILES string of the molecule is CCc1nc(C)c(OC)c(-c2ccc(-c3ccccc3-c3nnnn3C(c3ccccc3)(c3ccccc3)c3ccccc3)cc2)c1CO. The van der Waals surface area contributed by atoms with E-state index in [-0.39, 0.29) is 6.61 Å². The number of aliphatic hydroxyl groups is 1. The number of hydrogen-bond donors (Lipinski definition) is 1. The monoisotopic (exact) mass is 643 g/mol. The topological polar surface area (TPSA) is 86.0 Å². The summed E-state index contributed by atoms with van der Waals surface area (Å²) in [6, 6.07) is 47.8. The van der Waals surface area contributed by atoms with Crippen molar-refractivity contribution < 1.29 is 9.84 Å². The van der Waals surface area contributed by atoms with Gasteiger partial charge < -0.3 is 9.84 Å². The first kappa shape index (κ1) is 31.7. The molecule has 0 aliphatic carbocycles. The van der Waals surface area contributed by atoms with Gasteiger partial charge in [-0.2, -0.15) is 0 Å². The van der Waals surface area contributed by atoms with E-state index in [1.807, 2.05) is 48.9 Å². The quantitative estimate of drug-likeness (QED) is 0.151. The maximum absolute atomic E-state index is 10.4. The summed E-state index contributed by atoms with van der Waals surface area (Å²) in [6.45, 7) is 3.87. The summed E-state index contributed by atoms with van der Waals surface area (Å²) in [5.74, 6) is 1.31. The van der Waals surface area contributed by atoms with Crippen molar-refractivity contribution in [2.24, 2.45) is 0 Å². The Labute approximate surface area is 286 Å². The van der Waals surface area contributed by atoms with Crippen LogP contribution in [0.25, 0.3) is 33.6 Å². The summed E-state index contributed by atoms with van der Waals surface area (Å²) in [5, 5.41) is 24.2. The lowest BCUT2D eigenvalue weighted by Gasteiger charge is -2.36. The van der Waals surface area contributed by atoms with Crippen LogP contribution in [-0.4, -0.2) is 37.4 Å². The average molecular weight is 644 g/mol. The molecule has 7 rings (SSSR count). The number of hydrogen-bond acceptors (Lipinski definition) is 6. The summed E-state index contributed by atoms with van der Waals surface area (Å²) in [7, 11) is 1.65. The minimum Gasteiger partial charge on any atom is -0.494 e. The van der Waals surface area contributed by atoms with Gasteiger partial charge in [-0.1, -0.05) is 146 Å². The third-order valence-electron chi connectivity index (χ3n) is 9.22. The van der Waals surface area contributed by atoms with Crippen LogP contribution in [0, 0.1) is 6.92 Å². The van der Waals surface area contributed by atoms with Crippen LogP contribution in [0.5, 0.6) is 5.75 Å². The number of benzene rings is 5. The number of ether oxygens (including phenoxy) is 1. The van der Waals surface area contributed by atoms with E-state index in [1.165, 1.54) is 0 Å². The highest BCUT2D eigenvalue weighted by Gasteiger charge is 2.42. The third kappa shape index (κ3) is 5.48. The lowest BCUT2D eigenvalue weighted by Crippen LogP contribution is -2.39. The van der Waals surface area contributed by atoms with Crippen molar-refractivity contribution in [2.45, 2.75) is 32.4 Å². The van der Waals surface area contributed by atoms with E-state index in [0.29, 0.717) is 18.0 Å². The molecule has 7 heteroatoms. The molecule has 1 N–H and O–H groups in total. The zero-order valence-electron chi connectivity index (χ0n) is 27.8. The summed E-state index contributed by atoms with van der Waals surface area (Å²) in [5.41, 5.74) is 9.41. The first-order valence-electron chi connectivity index (χ1n) is 16.4. The van der Waals surface area contributed by atoms with Gasteiger partial charge in [-0.05, 0) is 57.2 Å². The average Bonchev–Trinajstić information content (AvgIpc) is 3.66. The van der Waals surface area contributed by atoms with Crippen molar-refractivity contribution in [2.75, 3.05) is 7.11 Å². The fourth-order valence-corrected chi connectivity index (χ4v) is 7.03. The number of tetrazole rings is 1. The van der Waals surface area contributed by atoms with Gasteiger partial charge in [-0.15, -0.1) is 5.10 Å². The van der Waals surface area contributed by atoms with Crippen molar-refractivity contribution >= 4 is 0 Å². The van der Waals surface area contributed by atoms with E-state index in [1.54, 1.807) is 7.11 Å². The largest absolute Gasteiger partial charge is 0.494 e. The smallest absolute Gasteiger partial charge is 0.184 e. The predicted octanol–water partition coefficient (Wildman–Crippen LogP) is 8.28. The Kier molecular flexibility index (Phi) is 8.83. The van der Waals surface area contributed by atoms with Gasteiger partial charge in [0, 0.05) is 22.4 Å². The molecule has 0 bridgehead atoms. The van der Waals surface area contributed by atoms with Gasteiger partial charge in [0.05, 0.1) is 19.4 Å². The van der Waals surface area contributed by atoms with Crippen molar-refractivity contribution in [1.82, 2.24) is 25.2 Å². The molecule has 242 valence electrons. The zero-order chi connectivity index (χ0) is 33.8. The second-order valence-electron chi connectivity index (χ2n) is 11.9. The van der Waals surface area contributed by atoms with Gasteiger partial charge in [0.1, 0.15) is 11.3 Å².